The van der Waals surface area contributed by atoms with Crippen molar-refractivity contribution in [3.8, 4) is 0 Å². The minimum absolute atomic E-state index is 0.169. The smallest absolute Gasteiger partial charge is 0.224 e. The molecule has 4 heteroatoms. The van der Waals surface area contributed by atoms with Gasteiger partial charge in [-0.2, -0.15) is 0 Å². The Bertz CT molecular complexity index is 469. The molecule has 116 valence electrons. The Hall–Kier alpha value is -1.03. The van der Waals surface area contributed by atoms with Gasteiger partial charge in [0, 0.05) is 31.1 Å². The first-order valence-electron chi connectivity index (χ1n) is 7.68. The summed E-state index contributed by atoms with van der Waals surface area (Å²) >= 11 is 1.85. The molecule has 2 rings (SSSR count). The van der Waals surface area contributed by atoms with Crippen molar-refractivity contribution in [1.82, 2.24) is 9.88 Å². The first-order valence-corrected chi connectivity index (χ1v) is 8.73. The average molecular weight is 306 g/mol. The third kappa shape index (κ3) is 4.73. The quantitative estimate of drug-likeness (QED) is 0.839. The monoisotopic (exact) mass is 306 g/mol. The van der Waals surface area contributed by atoms with E-state index in [2.05, 4.69) is 32.7 Å². The Morgan fingerprint density at radius 1 is 1.43 bits per heavy atom. The van der Waals surface area contributed by atoms with Gasteiger partial charge in [0.2, 0.25) is 5.91 Å². The molecule has 1 saturated heterocycles. The number of hydrogen-bond acceptors (Lipinski definition) is 3. The van der Waals surface area contributed by atoms with Gasteiger partial charge >= 0.3 is 0 Å². The molecule has 0 radical (unpaired) electrons. The van der Waals surface area contributed by atoms with E-state index in [1.165, 1.54) is 5.56 Å². The second-order valence-corrected chi connectivity index (χ2v) is 8.35. The lowest BCUT2D eigenvalue weighted by Crippen LogP contribution is -2.32. The number of aromatic nitrogens is 1. The Morgan fingerprint density at radius 3 is 2.71 bits per heavy atom. The fourth-order valence-corrected chi connectivity index (χ4v) is 4.34. The van der Waals surface area contributed by atoms with Crippen LogP contribution in [0.5, 0.6) is 0 Å². The third-order valence-corrected chi connectivity index (χ3v) is 4.95. The number of thioether (sulfide) groups is 1. The maximum atomic E-state index is 12.6. The van der Waals surface area contributed by atoms with Gasteiger partial charge in [-0.25, -0.2) is 0 Å². The number of carbonyl (C=O) groups is 1. The number of nitrogens with zero attached hydrogens (tertiary/aromatic N) is 2. The highest BCUT2D eigenvalue weighted by Crippen LogP contribution is 2.38. The molecule has 0 saturated carbocycles. The topological polar surface area (TPSA) is 33.2 Å². The summed E-state index contributed by atoms with van der Waals surface area (Å²) in [5.41, 5.74) is 1.47. The Kier molecular flexibility index (Phi) is 5.31. The van der Waals surface area contributed by atoms with Crippen LogP contribution in [0, 0.1) is 11.3 Å². The summed E-state index contributed by atoms with van der Waals surface area (Å²) in [6.45, 7) is 9.75. The highest BCUT2D eigenvalue weighted by Gasteiger charge is 2.31. The Morgan fingerprint density at radius 2 is 2.10 bits per heavy atom. The van der Waals surface area contributed by atoms with Gasteiger partial charge in [-0.3, -0.25) is 9.78 Å². The van der Waals surface area contributed by atoms with Gasteiger partial charge in [0.05, 0.1) is 0 Å². The third-order valence-electron chi connectivity index (χ3n) is 3.69. The molecule has 0 spiro atoms. The van der Waals surface area contributed by atoms with Crippen LogP contribution in [-0.2, 0) is 4.79 Å². The molecule has 2 heterocycles. The second kappa shape index (κ2) is 6.82. The first-order chi connectivity index (χ1) is 9.87. The molecule has 0 bridgehead atoms. The van der Waals surface area contributed by atoms with E-state index in [-0.39, 0.29) is 10.8 Å². The molecule has 1 amide bonds. The molecule has 1 fully saturated rings. The van der Waals surface area contributed by atoms with Crippen molar-refractivity contribution in [1.29, 1.82) is 0 Å². The number of pyridine rings is 1. The van der Waals surface area contributed by atoms with Gasteiger partial charge in [0.15, 0.2) is 0 Å². The SMILES string of the molecule is CC(CC(=O)N1CCSC1c1ccncc1)CC(C)(C)C. The molecular formula is C17H26N2OS. The van der Waals surface area contributed by atoms with E-state index in [0.717, 1.165) is 18.7 Å². The predicted molar refractivity (Wildman–Crippen MR) is 89.0 cm³/mol. The highest BCUT2D eigenvalue weighted by atomic mass is 32.2. The highest BCUT2D eigenvalue weighted by molar-refractivity contribution is 7.99. The molecular weight excluding hydrogens is 280 g/mol. The molecule has 1 aliphatic heterocycles. The summed E-state index contributed by atoms with van der Waals surface area (Å²) in [7, 11) is 0. The van der Waals surface area contributed by atoms with Crippen LogP contribution in [0.4, 0.5) is 0 Å². The molecule has 2 atom stereocenters. The van der Waals surface area contributed by atoms with Crippen molar-refractivity contribution in [2.75, 3.05) is 12.3 Å². The van der Waals surface area contributed by atoms with Crippen LogP contribution in [0.3, 0.4) is 0 Å². The maximum absolute atomic E-state index is 12.6. The van der Waals surface area contributed by atoms with Gasteiger partial charge < -0.3 is 4.90 Å². The van der Waals surface area contributed by atoms with Gasteiger partial charge in [-0.1, -0.05) is 27.7 Å². The zero-order chi connectivity index (χ0) is 15.5. The molecule has 1 aliphatic rings. The van der Waals surface area contributed by atoms with Crippen molar-refractivity contribution in [3.05, 3.63) is 30.1 Å². The summed E-state index contributed by atoms with van der Waals surface area (Å²) in [4.78, 5) is 18.7. The second-order valence-electron chi connectivity index (χ2n) is 7.16. The van der Waals surface area contributed by atoms with Crippen LogP contribution in [0.2, 0.25) is 0 Å². The molecule has 21 heavy (non-hydrogen) atoms. The number of carbonyl (C=O) groups excluding carboxylic acids is 1. The lowest BCUT2D eigenvalue weighted by molar-refractivity contribution is -0.132. The van der Waals surface area contributed by atoms with Gasteiger partial charge in [-0.15, -0.1) is 11.8 Å². The van der Waals surface area contributed by atoms with Crippen LogP contribution >= 0.6 is 11.8 Å². The van der Waals surface area contributed by atoms with E-state index in [0.29, 0.717) is 18.2 Å². The number of hydrogen-bond donors (Lipinski definition) is 0. The van der Waals surface area contributed by atoms with Crippen molar-refractivity contribution in [3.63, 3.8) is 0 Å². The van der Waals surface area contributed by atoms with E-state index >= 15 is 0 Å². The zero-order valence-electron chi connectivity index (χ0n) is 13.5. The average Bonchev–Trinajstić information content (AvgIpc) is 2.86. The van der Waals surface area contributed by atoms with Crippen molar-refractivity contribution >= 4 is 17.7 Å². The zero-order valence-corrected chi connectivity index (χ0v) is 14.3. The lowest BCUT2D eigenvalue weighted by atomic mass is 9.84. The Labute approximate surface area is 132 Å². The number of amides is 1. The molecule has 0 N–H and O–H groups in total. The molecule has 0 aliphatic carbocycles. The van der Waals surface area contributed by atoms with Crippen molar-refractivity contribution in [2.45, 2.75) is 45.9 Å². The molecule has 2 unspecified atom stereocenters. The summed E-state index contributed by atoms with van der Waals surface area (Å²) in [5, 5.41) is 0.169. The molecule has 3 nitrogen and oxygen atoms in total. The van der Waals surface area contributed by atoms with E-state index in [1.54, 1.807) is 12.4 Å². The summed E-state index contributed by atoms with van der Waals surface area (Å²) in [5.74, 6) is 1.74. The van der Waals surface area contributed by atoms with E-state index in [1.807, 2.05) is 28.8 Å². The van der Waals surface area contributed by atoms with Gasteiger partial charge in [0.1, 0.15) is 5.37 Å². The fraction of sp³-hybridized carbons (Fsp3) is 0.647. The fourth-order valence-electron chi connectivity index (χ4n) is 3.06. The van der Waals surface area contributed by atoms with E-state index < -0.39 is 0 Å². The van der Waals surface area contributed by atoms with Crippen molar-refractivity contribution < 1.29 is 4.79 Å². The maximum Gasteiger partial charge on any atom is 0.224 e. The summed E-state index contributed by atoms with van der Waals surface area (Å²) < 4.78 is 0. The van der Waals surface area contributed by atoms with E-state index in [4.69, 9.17) is 0 Å². The van der Waals surface area contributed by atoms with Gasteiger partial charge in [-0.05, 0) is 35.4 Å². The largest absolute Gasteiger partial charge is 0.326 e. The van der Waals surface area contributed by atoms with Crippen LogP contribution in [0.1, 0.15) is 51.5 Å². The molecule has 1 aromatic rings. The van der Waals surface area contributed by atoms with Crippen LogP contribution in [0.15, 0.2) is 24.5 Å². The minimum atomic E-state index is 0.169. The van der Waals surface area contributed by atoms with Crippen LogP contribution in [-0.4, -0.2) is 28.1 Å². The standard InChI is InChI=1S/C17H26N2OS/c1-13(12-17(2,3)4)11-15(20)19-9-10-21-16(19)14-5-7-18-8-6-14/h5-8,13,16H,9-12H2,1-4H3. The van der Waals surface area contributed by atoms with Gasteiger partial charge in [0.25, 0.3) is 0 Å². The normalized spacial score (nSPS) is 20.6. The predicted octanol–water partition coefficient (Wildman–Crippen LogP) is 4.12. The summed E-state index contributed by atoms with van der Waals surface area (Å²) in [6.07, 6.45) is 5.34. The van der Waals surface area contributed by atoms with Crippen LogP contribution < -0.4 is 0 Å². The minimum Gasteiger partial charge on any atom is -0.326 e. The lowest BCUT2D eigenvalue weighted by Gasteiger charge is -2.27. The molecule has 1 aromatic heterocycles. The van der Waals surface area contributed by atoms with Crippen molar-refractivity contribution in [2.24, 2.45) is 11.3 Å². The van der Waals surface area contributed by atoms with Crippen LogP contribution in [0.25, 0.3) is 0 Å². The Balaban J connectivity index is 1.98. The molecule has 0 aromatic carbocycles. The number of rotatable bonds is 4. The first kappa shape index (κ1) is 16.3. The van der Waals surface area contributed by atoms with E-state index in [9.17, 15) is 4.79 Å². The summed E-state index contributed by atoms with van der Waals surface area (Å²) in [6, 6.07) is 4.03.